The van der Waals surface area contributed by atoms with Crippen molar-refractivity contribution < 1.29 is 18.3 Å². The molecule has 13 rings (SSSR count). The summed E-state index contributed by atoms with van der Waals surface area (Å²) < 4.78 is 26.5. The van der Waals surface area contributed by atoms with Gasteiger partial charge in [-0.25, -0.2) is 0 Å². The predicted molar refractivity (Wildman–Crippen MR) is 294 cm³/mol. The average molecular weight is 927 g/mol. The van der Waals surface area contributed by atoms with Gasteiger partial charge in [0.05, 0.1) is 18.9 Å². The number of furan rings is 2. The third-order valence-corrected chi connectivity index (χ3v) is 14.7. The Balaban J connectivity index is 1.12. The fourth-order valence-electron chi connectivity index (χ4n) is 11.1. The Labute approximate surface area is 416 Å². The van der Waals surface area contributed by atoms with Gasteiger partial charge in [-0.15, -0.1) is 0 Å². The molecule has 0 N–H and O–H groups in total. The van der Waals surface area contributed by atoms with Crippen molar-refractivity contribution in [1.29, 1.82) is 0 Å². The highest BCUT2D eigenvalue weighted by Gasteiger charge is 2.45. The topological polar surface area (TPSA) is 51.2 Å². The Kier molecular flexibility index (Phi) is 9.77. The van der Waals surface area contributed by atoms with Gasteiger partial charge in [-0.05, 0) is 135 Å². The lowest BCUT2D eigenvalue weighted by Crippen LogP contribution is -2.61. The van der Waals surface area contributed by atoms with Gasteiger partial charge in [0.2, 0.25) is 0 Å². The van der Waals surface area contributed by atoms with Crippen molar-refractivity contribution in [2.75, 3.05) is 23.0 Å². The molecule has 348 valence electrons. The molecule has 3 aliphatic heterocycles. The van der Waals surface area contributed by atoms with Gasteiger partial charge in [0, 0.05) is 68.4 Å². The van der Waals surface area contributed by atoms with Gasteiger partial charge in [-0.2, -0.15) is 0 Å². The van der Waals surface area contributed by atoms with Crippen LogP contribution in [0.4, 0.5) is 34.1 Å². The normalized spacial score (nSPS) is 14.1. The fraction of sp³-hybridized carbons (Fsp3) is 0.188. The van der Waals surface area contributed by atoms with E-state index in [9.17, 15) is 0 Å². The van der Waals surface area contributed by atoms with Gasteiger partial charge >= 0.3 is 0 Å². The van der Waals surface area contributed by atoms with E-state index in [1.54, 1.807) is 0 Å². The molecule has 0 saturated carbocycles. The Morgan fingerprint density at radius 3 is 1.62 bits per heavy atom. The first-order valence-corrected chi connectivity index (χ1v) is 25.0. The van der Waals surface area contributed by atoms with Crippen LogP contribution in [0, 0.1) is 6.92 Å². The molecule has 0 radical (unpaired) electrons. The second-order valence-corrected chi connectivity index (χ2v) is 21.7. The molecule has 0 unspecified atom stereocenters. The van der Waals surface area contributed by atoms with Gasteiger partial charge in [-0.3, -0.25) is 0 Å². The Morgan fingerprint density at radius 1 is 0.451 bits per heavy atom. The predicted octanol–water partition coefficient (Wildman–Crippen LogP) is 15.3. The maximum absolute atomic E-state index is 6.68. The van der Waals surface area contributed by atoms with Gasteiger partial charge in [0.25, 0.3) is 6.71 Å². The first-order chi connectivity index (χ1) is 34.3. The lowest BCUT2D eigenvalue weighted by atomic mass is 9.33. The molecule has 0 atom stereocenters. The minimum Gasteiger partial charge on any atom is -0.490 e. The largest absolute Gasteiger partial charge is 0.490 e. The van der Waals surface area contributed by atoms with Crippen LogP contribution in [-0.4, -0.2) is 19.9 Å². The lowest BCUT2D eigenvalue weighted by Gasteiger charge is -2.45. The lowest BCUT2D eigenvalue weighted by molar-refractivity contribution is 0.297. The van der Waals surface area contributed by atoms with Crippen LogP contribution in [0.25, 0.3) is 55.7 Å². The van der Waals surface area contributed by atoms with Crippen LogP contribution in [0.3, 0.4) is 0 Å². The van der Waals surface area contributed by atoms with Crippen LogP contribution in [0.15, 0.2) is 179 Å². The molecular formula is C64H55BN2O4. The summed E-state index contributed by atoms with van der Waals surface area (Å²) in [6, 6.07) is 61.9. The van der Waals surface area contributed by atoms with Crippen molar-refractivity contribution in [3.63, 3.8) is 0 Å². The van der Waals surface area contributed by atoms with E-state index in [1.807, 2.05) is 24.3 Å². The maximum Gasteiger partial charge on any atom is 0.252 e. The third kappa shape index (κ3) is 7.23. The molecule has 0 amide bonds. The van der Waals surface area contributed by atoms with E-state index in [0.29, 0.717) is 13.2 Å². The first kappa shape index (κ1) is 43.1. The molecule has 8 aromatic carbocycles. The zero-order valence-electron chi connectivity index (χ0n) is 41.4. The van der Waals surface area contributed by atoms with Gasteiger partial charge in [0.1, 0.15) is 22.7 Å². The van der Waals surface area contributed by atoms with Crippen LogP contribution in [0.1, 0.15) is 64.7 Å². The summed E-state index contributed by atoms with van der Waals surface area (Å²) in [4.78, 5) is 5.01. The third-order valence-electron chi connectivity index (χ3n) is 14.7. The summed E-state index contributed by atoms with van der Waals surface area (Å²) in [5.74, 6) is 3.15. The number of hydrogen-bond acceptors (Lipinski definition) is 6. The summed E-state index contributed by atoms with van der Waals surface area (Å²) in [5.41, 5.74) is 19.7. The fourth-order valence-corrected chi connectivity index (χ4v) is 11.1. The van der Waals surface area contributed by atoms with Crippen molar-refractivity contribution in [2.24, 2.45) is 0 Å². The Hall–Kier alpha value is -7.90. The van der Waals surface area contributed by atoms with Crippen LogP contribution < -0.4 is 35.7 Å². The van der Waals surface area contributed by atoms with E-state index in [1.165, 1.54) is 33.1 Å². The number of hydrogen-bond donors (Lipinski definition) is 0. The second-order valence-electron chi connectivity index (χ2n) is 21.7. The van der Waals surface area contributed by atoms with E-state index in [4.69, 9.17) is 18.3 Å². The van der Waals surface area contributed by atoms with Crippen molar-refractivity contribution in [1.82, 2.24) is 0 Å². The summed E-state index contributed by atoms with van der Waals surface area (Å²) in [6.45, 7) is 17.1. The molecule has 71 heavy (non-hydrogen) atoms. The monoisotopic (exact) mass is 926 g/mol. The van der Waals surface area contributed by atoms with E-state index in [2.05, 4.69) is 204 Å². The molecule has 0 saturated heterocycles. The van der Waals surface area contributed by atoms with Crippen molar-refractivity contribution in [3.8, 4) is 45.3 Å². The van der Waals surface area contributed by atoms with Crippen molar-refractivity contribution in [2.45, 2.75) is 65.7 Å². The van der Waals surface area contributed by atoms with Crippen LogP contribution in [0.2, 0.25) is 0 Å². The SMILES string of the molecule is Cc1cc2c3c(c1)N(c1ccc(C(C)(C)C)cc1-c1ccccc1)c1cc4c(cc1B3c1cc(C(C)(C)C)ccc1N2c1cc(-c2cc3ccccc3o2)cc(-c2cc3ccccc3o2)c1)OCCCO4. The number of para-hydroxylation sites is 2. The molecule has 6 nitrogen and oxygen atoms in total. The molecule has 7 heteroatoms. The first-order valence-electron chi connectivity index (χ1n) is 25.0. The minimum atomic E-state index is -0.139. The number of benzene rings is 8. The number of aryl methyl sites for hydroxylation is 1. The van der Waals surface area contributed by atoms with Gasteiger partial charge in [0.15, 0.2) is 11.5 Å². The number of fused-ring (bicyclic) bond motifs is 7. The number of ether oxygens (including phenoxy) is 2. The van der Waals surface area contributed by atoms with E-state index in [-0.39, 0.29) is 17.5 Å². The maximum atomic E-state index is 6.68. The zero-order chi connectivity index (χ0) is 48.3. The molecule has 5 heterocycles. The molecule has 0 bridgehead atoms. The van der Waals surface area contributed by atoms with Gasteiger partial charge < -0.3 is 28.1 Å². The quantitative estimate of drug-likeness (QED) is 0.160. The molecule has 0 spiro atoms. The zero-order valence-corrected chi connectivity index (χ0v) is 41.4. The average Bonchev–Trinajstić information content (AvgIpc) is 3.94. The van der Waals surface area contributed by atoms with E-state index >= 15 is 0 Å². The van der Waals surface area contributed by atoms with Crippen LogP contribution in [0.5, 0.6) is 11.5 Å². The Morgan fingerprint density at radius 2 is 1.00 bits per heavy atom. The molecule has 10 aromatic rings. The van der Waals surface area contributed by atoms with Crippen LogP contribution >= 0.6 is 0 Å². The summed E-state index contributed by atoms with van der Waals surface area (Å²) in [7, 11) is 0. The summed E-state index contributed by atoms with van der Waals surface area (Å²) in [6.07, 6.45) is 0.818. The molecule has 0 fully saturated rings. The Bertz CT molecular complexity index is 3600. The van der Waals surface area contributed by atoms with E-state index in [0.717, 1.165) is 108 Å². The second kappa shape index (κ2) is 16.1. The standard InChI is InChI=1S/C64H55BN2O4/c1-39-28-54-62-55(29-39)67(51-24-22-45(63(2,3)4)35-48(51)40-16-9-8-10-17-40)53-38-61-60(68-26-15-27-69-61)37-50(53)65(62)49-36-46(64(5,6)7)23-25-52(49)66(54)47-31-43(58-33-41-18-11-13-20-56(41)70-58)30-44(32-47)59-34-42-19-12-14-21-57(42)71-59/h8-14,16-25,28-38H,15,26-27H2,1-7H3. The highest BCUT2D eigenvalue weighted by atomic mass is 16.5. The van der Waals surface area contributed by atoms with Crippen LogP contribution in [-0.2, 0) is 10.8 Å². The number of nitrogens with zero attached hydrogens (tertiary/aromatic N) is 2. The number of anilines is 6. The smallest absolute Gasteiger partial charge is 0.252 e. The van der Waals surface area contributed by atoms with Crippen molar-refractivity contribution >= 4 is 79.2 Å². The highest BCUT2D eigenvalue weighted by molar-refractivity contribution is 7.00. The van der Waals surface area contributed by atoms with Gasteiger partial charge in [-0.1, -0.05) is 126 Å². The van der Waals surface area contributed by atoms with Crippen molar-refractivity contribution in [3.05, 3.63) is 187 Å². The minimum absolute atomic E-state index is 0.0644. The highest BCUT2D eigenvalue weighted by Crippen LogP contribution is 2.51. The summed E-state index contributed by atoms with van der Waals surface area (Å²) >= 11 is 0. The number of rotatable bonds is 5. The molecule has 3 aliphatic rings. The molecule has 2 aromatic heterocycles. The molecule has 0 aliphatic carbocycles. The van der Waals surface area contributed by atoms with E-state index < -0.39 is 0 Å². The summed E-state index contributed by atoms with van der Waals surface area (Å²) in [5, 5.41) is 2.12. The molecular weight excluding hydrogens is 872 g/mol.